The fourth-order valence-electron chi connectivity index (χ4n) is 3.62. The number of aromatic nitrogens is 2. The molecule has 2 amide bonds. The largest absolute Gasteiger partial charge is 0.334 e. The molecule has 0 saturated carbocycles. The van der Waals surface area contributed by atoms with E-state index in [1.807, 2.05) is 49.4 Å². The van der Waals surface area contributed by atoms with E-state index in [0.717, 1.165) is 22.4 Å². The molecule has 0 radical (unpaired) electrons. The van der Waals surface area contributed by atoms with Crippen LogP contribution in [0.2, 0.25) is 5.02 Å². The van der Waals surface area contributed by atoms with Gasteiger partial charge in [0.2, 0.25) is 5.82 Å². The summed E-state index contributed by atoms with van der Waals surface area (Å²) in [4.78, 5) is 19.2. The number of hydrogen-bond acceptors (Lipinski definition) is 4. The zero-order valence-electron chi connectivity index (χ0n) is 17.1. The molecule has 0 fully saturated rings. The van der Waals surface area contributed by atoms with Gasteiger partial charge in [-0.15, -0.1) is 0 Å². The SMILES string of the molecule is CC1=C(c2nc(-c3cccc(Cl)c3)no2)C(c2ccccc2)NC(=O)N1CC(C)C. The predicted octanol–water partition coefficient (Wildman–Crippen LogP) is 5.54. The Kier molecular flexibility index (Phi) is 5.59. The van der Waals surface area contributed by atoms with Crippen molar-refractivity contribution in [1.82, 2.24) is 20.4 Å². The Balaban J connectivity index is 1.81. The van der Waals surface area contributed by atoms with E-state index in [9.17, 15) is 4.79 Å². The van der Waals surface area contributed by atoms with Gasteiger partial charge in [-0.2, -0.15) is 4.98 Å². The molecule has 0 aliphatic carbocycles. The second-order valence-electron chi connectivity index (χ2n) is 7.73. The Morgan fingerprint density at radius 2 is 1.93 bits per heavy atom. The minimum atomic E-state index is -0.380. The Bertz CT molecular complexity index is 1090. The first-order valence-corrected chi connectivity index (χ1v) is 10.3. The van der Waals surface area contributed by atoms with E-state index < -0.39 is 0 Å². The molecule has 1 unspecified atom stereocenters. The molecule has 1 aromatic heterocycles. The number of benzene rings is 2. The van der Waals surface area contributed by atoms with Gasteiger partial charge in [0, 0.05) is 22.8 Å². The highest BCUT2D eigenvalue weighted by Crippen LogP contribution is 2.37. The van der Waals surface area contributed by atoms with Crippen LogP contribution in [0.15, 0.2) is 64.8 Å². The number of carbonyl (C=O) groups excluding carboxylic acids is 1. The van der Waals surface area contributed by atoms with Crippen LogP contribution in [0.5, 0.6) is 0 Å². The third-order valence-electron chi connectivity index (χ3n) is 5.02. The van der Waals surface area contributed by atoms with Crippen LogP contribution in [0.1, 0.15) is 38.3 Å². The standard InChI is InChI=1S/C23H23ClN4O2/c1-14(2)13-28-15(3)19(20(25-23(28)29)16-8-5-4-6-9-16)22-26-21(27-30-22)17-10-7-11-18(24)12-17/h4-12,14,20H,13H2,1-3H3,(H,25,29). The third-order valence-corrected chi connectivity index (χ3v) is 5.25. The van der Waals surface area contributed by atoms with E-state index in [1.165, 1.54) is 0 Å². The minimum absolute atomic E-state index is 0.131. The molecule has 1 N–H and O–H groups in total. The summed E-state index contributed by atoms with van der Waals surface area (Å²) >= 11 is 6.11. The van der Waals surface area contributed by atoms with Crippen LogP contribution in [-0.4, -0.2) is 27.6 Å². The Labute approximate surface area is 180 Å². The fourth-order valence-corrected chi connectivity index (χ4v) is 3.81. The molecule has 0 bridgehead atoms. The highest BCUT2D eigenvalue weighted by Gasteiger charge is 2.35. The Morgan fingerprint density at radius 1 is 1.17 bits per heavy atom. The molecular formula is C23H23ClN4O2. The van der Waals surface area contributed by atoms with Crippen LogP contribution >= 0.6 is 11.6 Å². The summed E-state index contributed by atoms with van der Waals surface area (Å²) in [5.74, 6) is 1.14. The van der Waals surface area contributed by atoms with Gasteiger partial charge < -0.3 is 9.84 Å². The molecule has 4 rings (SSSR count). The van der Waals surface area contributed by atoms with Crippen molar-refractivity contribution in [1.29, 1.82) is 0 Å². The van der Waals surface area contributed by atoms with Crippen molar-refractivity contribution in [2.45, 2.75) is 26.8 Å². The second-order valence-corrected chi connectivity index (χ2v) is 8.17. The van der Waals surface area contributed by atoms with E-state index >= 15 is 0 Å². The molecule has 154 valence electrons. The molecule has 1 aliphatic heterocycles. The van der Waals surface area contributed by atoms with Crippen molar-refractivity contribution in [2.75, 3.05) is 6.54 Å². The monoisotopic (exact) mass is 422 g/mol. The van der Waals surface area contributed by atoms with Gasteiger partial charge in [0.15, 0.2) is 0 Å². The van der Waals surface area contributed by atoms with E-state index in [0.29, 0.717) is 29.2 Å². The van der Waals surface area contributed by atoms with Crippen molar-refractivity contribution in [3.05, 3.63) is 76.8 Å². The molecule has 2 aromatic carbocycles. The van der Waals surface area contributed by atoms with Crippen molar-refractivity contribution in [3.63, 3.8) is 0 Å². The molecular weight excluding hydrogens is 400 g/mol. The molecule has 1 atom stereocenters. The first-order valence-electron chi connectivity index (χ1n) is 9.88. The summed E-state index contributed by atoms with van der Waals surface area (Å²) in [6.07, 6.45) is 0. The maximum absolute atomic E-state index is 12.9. The van der Waals surface area contributed by atoms with E-state index in [2.05, 4.69) is 29.3 Å². The van der Waals surface area contributed by atoms with Crippen molar-refractivity contribution in [3.8, 4) is 11.4 Å². The number of urea groups is 1. The van der Waals surface area contributed by atoms with Crippen LogP contribution < -0.4 is 5.32 Å². The Hall–Kier alpha value is -3.12. The van der Waals surface area contributed by atoms with Crippen LogP contribution in [0.25, 0.3) is 17.0 Å². The average Bonchev–Trinajstić information content (AvgIpc) is 3.21. The average molecular weight is 423 g/mol. The van der Waals surface area contributed by atoms with E-state index in [1.54, 1.807) is 17.0 Å². The zero-order chi connectivity index (χ0) is 21.3. The van der Waals surface area contributed by atoms with Crippen molar-refractivity contribution >= 4 is 23.2 Å². The molecule has 0 saturated heterocycles. The number of allylic oxidation sites excluding steroid dienone is 1. The predicted molar refractivity (Wildman–Crippen MR) is 117 cm³/mol. The quantitative estimate of drug-likeness (QED) is 0.585. The maximum Gasteiger partial charge on any atom is 0.322 e. The summed E-state index contributed by atoms with van der Waals surface area (Å²) in [7, 11) is 0. The van der Waals surface area contributed by atoms with Gasteiger partial charge in [-0.3, -0.25) is 4.90 Å². The van der Waals surface area contributed by atoms with Gasteiger partial charge in [0.05, 0.1) is 11.6 Å². The molecule has 6 nitrogen and oxygen atoms in total. The highest BCUT2D eigenvalue weighted by molar-refractivity contribution is 6.30. The van der Waals surface area contributed by atoms with E-state index in [4.69, 9.17) is 16.1 Å². The van der Waals surface area contributed by atoms with Gasteiger partial charge >= 0.3 is 6.03 Å². The van der Waals surface area contributed by atoms with Crippen LogP contribution in [-0.2, 0) is 0 Å². The minimum Gasteiger partial charge on any atom is -0.334 e. The summed E-state index contributed by atoms with van der Waals surface area (Å²) in [5.41, 5.74) is 3.32. The van der Waals surface area contributed by atoms with Gasteiger partial charge in [0.25, 0.3) is 5.89 Å². The van der Waals surface area contributed by atoms with E-state index in [-0.39, 0.29) is 12.1 Å². The molecule has 1 aliphatic rings. The number of rotatable bonds is 5. The lowest BCUT2D eigenvalue weighted by molar-refractivity contribution is 0.199. The summed E-state index contributed by atoms with van der Waals surface area (Å²) < 4.78 is 5.67. The second kappa shape index (κ2) is 8.32. The highest BCUT2D eigenvalue weighted by atomic mass is 35.5. The lowest BCUT2D eigenvalue weighted by atomic mass is 9.94. The van der Waals surface area contributed by atoms with Crippen LogP contribution in [0.3, 0.4) is 0 Å². The lowest BCUT2D eigenvalue weighted by Gasteiger charge is -2.36. The fraction of sp³-hybridized carbons (Fsp3) is 0.261. The van der Waals surface area contributed by atoms with Crippen molar-refractivity contribution < 1.29 is 9.32 Å². The van der Waals surface area contributed by atoms with Crippen LogP contribution in [0.4, 0.5) is 4.79 Å². The zero-order valence-corrected chi connectivity index (χ0v) is 17.8. The van der Waals surface area contributed by atoms with Crippen LogP contribution in [0, 0.1) is 5.92 Å². The summed E-state index contributed by atoms with van der Waals surface area (Å²) in [5, 5.41) is 7.87. The number of carbonyl (C=O) groups is 1. The van der Waals surface area contributed by atoms with Gasteiger partial charge in [-0.25, -0.2) is 4.79 Å². The molecule has 2 heterocycles. The Morgan fingerprint density at radius 3 is 2.63 bits per heavy atom. The summed E-state index contributed by atoms with van der Waals surface area (Å²) in [6, 6.07) is 16.6. The lowest BCUT2D eigenvalue weighted by Crippen LogP contribution is -2.47. The van der Waals surface area contributed by atoms with Crippen molar-refractivity contribution in [2.24, 2.45) is 5.92 Å². The number of amides is 2. The van der Waals surface area contributed by atoms with Gasteiger partial charge in [0.1, 0.15) is 0 Å². The smallest absolute Gasteiger partial charge is 0.322 e. The van der Waals surface area contributed by atoms with Gasteiger partial charge in [-0.1, -0.05) is 73.1 Å². The molecule has 0 spiro atoms. The molecule has 7 heteroatoms. The molecule has 3 aromatic rings. The molecule has 30 heavy (non-hydrogen) atoms. The maximum atomic E-state index is 12.9. The number of hydrogen-bond donors (Lipinski definition) is 1. The number of nitrogens with zero attached hydrogens (tertiary/aromatic N) is 3. The normalized spacial score (nSPS) is 16.9. The topological polar surface area (TPSA) is 71.3 Å². The first-order chi connectivity index (χ1) is 14.4. The summed E-state index contributed by atoms with van der Waals surface area (Å²) in [6.45, 7) is 6.68. The first kappa shape index (κ1) is 20.2. The third kappa shape index (κ3) is 3.96. The number of nitrogens with one attached hydrogen (secondary N) is 1. The van der Waals surface area contributed by atoms with Gasteiger partial charge in [-0.05, 0) is 30.5 Å². The number of halogens is 1.